The van der Waals surface area contributed by atoms with E-state index in [0.29, 0.717) is 0 Å². The zero-order valence-electron chi connectivity index (χ0n) is 13.3. The van der Waals surface area contributed by atoms with E-state index < -0.39 is 0 Å². The molecule has 1 aromatic rings. The number of hydrogen-bond donors (Lipinski definition) is 0. The standard InChI is InChI=1S/C19H29NO/c1-20-13-5-8-19(20)18-11-9-17(10-12-18)15-21-14-16-6-3-2-4-7-16/h2-4,6-7,17-19H,5,8-15H2,1H3/t17?,18?,19-/m1/s1. The molecule has 1 heterocycles. The third-order valence-corrected chi connectivity index (χ3v) is 5.48. The van der Waals surface area contributed by atoms with Crippen molar-refractivity contribution in [3.63, 3.8) is 0 Å². The van der Waals surface area contributed by atoms with Crippen LogP contribution in [0.3, 0.4) is 0 Å². The third kappa shape index (κ3) is 4.08. The Hall–Kier alpha value is -0.860. The normalized spacial score (nSPS) is 30.6. The van der Waals surface area contributed by atoms with Crippen molar-refractivity contribution >= 4 is 0 Å². The van der Waals surface area contributed by atoms with Crippen LogP contribution in [0.5, 0.6) is 0 Å². The molecule has 1 atom stereocenters. The summed E-state index contributed by atoms with van der Waals surface area (Å²) in [6, 6.07) is 11.4. The Morgan fingerprint density at radius 3 is 2.48 bits per heavy atom. The lowest BCUT2D eigenvalue weighted by Crippen LogP contribution is -2.35. The van der Waals surface area contributed by atoms with E-state index in [2.05, 4.69) is 42.3 Å². The minimum Gasteiger partial charge on any atom is -0.376 e. The third-order valence-electron chi connectivity index (χ3n) is 5.48. The van der Waals surface area contributed by atoms with Crippen molar-refractivity contribution in [2.24, 2.45) is 11.8 Å². The molecule has 0 N–H and O–H groups in total. The molecule has 1 aromatic carbocycles. The van der Waals surface area contributed by atoms with Gasteiger partial charge in [0, 0.05) is 12.6 Å². The molecule has 2 aliphatic rings. The molecule has 2 nitrogen and oxygen atoms in total. The van der Waals surface area contributed by atoms with Crippen LogP contribution >= 0.6 is 0 Å². The highest BCUT2D eigenvalue weighted by atomic mass is 16.5. The SMILES string of the molecule is CN1CCC[C@@H]1C1CCC(COCc2ccccc2)CC1. The first-order valence-electron chi connectivity index (χ1n) is 8.65. The van der Waals surface area contributed by atoms with Crippen molar-refractivity contribution < 1.29 is 4.74 Å². The maximum atomic E-state index is 5.93. The van der Waals surface area contributed by atoms with Crippen LogP contribution in [-0.4, -0.2) is 31.1 Å². The summed E-state index contributed by atoms with van der Waals surface area (Å²) in [5.41, 5.74) is 1.29. The lowest BCUT2D eigenvalue weighted by Gasteiger charge is -2.35. The first-order valence-corrected chi connectivity index (χ1v) is 8.65. The Bertz CT molecular complexity index is 411. The van der Waals surface area contributed by atoms with Crippen LogP contribution in [0.2, 0.25) is 0 Å². The summed E-state index contributed by atoms with van der Waals surface area (Å²) in [5, 5.41) is 0. The minimum absolute atomic E-state index is 0.770. The second-order valence-electron chi connectivity index (χ2n) is 6.97. The van der Waals surface area contributed by atoms with Crippen LogP contribution in [-0.2, 0) is 11.3 Å². The van der Waals surface area contributed by atoms with Gasteiger partial charge in [0.1, 0.15) is 0 Å². The van der Waals surface area contributed by atoms with E-state index in [0.717, 1.165) is 31.1 Å². The zero-order chi connectivity index (χ0) is 14.5. The van der Waals surface area contributed by atoms with Gasteiger partial charge in [0.15, 0.2) is 0 Å². The lowest BCUT2D eigenvalue weighted by molar-refractivity contribution is 0.0584. The Balaban J connectivity index is 1.36. The summed E-state index contributed by atoms with van der Waals surface area (Å²) in [6.07, 6.45) is 8.38. The highest BCUT2D eigenvalue weighted by Crippen LogP contribution is 2.36. The van der Waals surface area contributed by atoms with Crippen LogP contribution in [0.15, 0.2) is 30.3 Å². The van der Waals surface area contributed by atoms with E-state index >= 15 is 0 Å². The summed E-state index contributed by atoms with van der Waals surface area (Å²) in [5.74, 6) is 1.74. The fourth-order valence-electron chi connectivity index (χ4n) is 4.19. The molecule has 0 unspecified atom stereocenters. The van der Waals surface area contributed by atoms with Gasteiger partial charge >= 0.3 is 0 Å². The molecule has 1 saturated carbocycles. The summed E-state index contributed by atoms with van der Waals surface area (Å²) in [4.78, 5) is 2.59. The molecule has 0 aromatic heterocycles. The molecule has 0 radical (unpaired) electrons. The molecule has 2 fully saturated rings. The van der Waals surface area contributed by atoms with Crippen LogP contribution < -0.4 is 0 Å². The van der Waals surface area contributed by atoms with E-state index in [-0.39, 0.29) is 0 Å². The van der Waals surface area contributed by atoms with Crippen molar-refractivity contribution in [3.8, 4) is 0 Å². The second kappa shape index (κ2) is 7.42. The van der Waals surface area contributed by atoms with E-state index in [4.69, 9.17) is 4.74 Å². The molecule has 3 rings (SSSR count). The number of hydrogen-bond acceptors (Lipinski definition) is 2. The van der Waals surface area contributed by atoms with E-state index in [1.54, 1.807) is 0 Å². The zero-order valence-corrected chi connectivity index (χ0v) is 13.3. The van der Waals surface area contributed by atoms with Crippen molar-refractivity contribution in [2.75, 3.05) is 20.2 Å². The monoisotopic (exact) mass is 287 g/mol. The number of ether oxygens (including phenoxy) is 1. The van der Waals surface area contributed by atoms with Crippen LogP contribution in [0.25, 0.3) is 0 Å². The quantitative estimate of drug-likeness (QED) is 0.808. The van der Waals surface area contributed by atoms with Crippen molar-refractivity contribution in [3.05, 3.63) is 35.9 Å². The van der Waals surface area contributed by atoms with Gasteiger partial charge in [-0.1, -0.05) is 30.3 Å². The van der Waals surface area contributed by atoms with Gasteiger partial charge in [-0.3, -0.25) is 0 Å². The molecule has 1 aliphatic carbocycles. The number of likely N-dealkylation sites (tertiary alicyclic amines) is 1. The predicted molar refractivity (Wildman–Crippen MR) is 87.2 cm³/mol. The number of benzene rings is 1. The van der Waals surface area contributed by atoms with Gasteiger partial charge in [0.2, 0.25) is 0 Å². The van der Waals surface area contributed by atoms with Crippen LogP contribution in [0, 0.1) is 11.8 Å². The van der Waals surface area contributed by atoms with Crippen molar-refractivity contribution in [1.82, 2.24) is 4.90 Å². The Morgan fingerprint density at radius 1 is 1.05 bits per heavy atom. The molecule has 1 aliphatic heterocycles. The van der Waals surface area contributed by atoms with Gasteiger partial charge < -0.3 is 9.64 Å². The Morgan fingerprint density at radius 2 is 1.81 bits per heavy atom. The average Bonchev–Trinajstić information content (AvgIpc) is 2.95. The fourth-order valence-corrected chi connectivity index (χ4v) is 4.19. The molecule has 1 saturated heterocycles. The topological polar surface area (TPSA) is 12.5 Å². The smallest absolute Gasteiger partial charge is 0.0717 e. The highest BCUT2D eigenvalue weighted by Gasteiger charge is 2.32. The average molecular weight is 287 g/mol. The van der Waals surface area contributed by atoms with Gasteiger partial charge in [0.25, 0.3) is 0 Å². The largest absolute Gasteiger partial charge is 0.376 e. The lowest BCUT2D eigenvalue weighted by atomic mass is 9.78. The first kappa shape index (κ1) is 15.1. The molecule has 21 heavy (non-hydrogen) atoms. The summed E-state index contributed by atoms with van der Waals surface area (Å²) >= 11 is 0. The van der Waals surface area contributed by atoms with E-state index in [9.17, 15) is 0 Å². The molecular weight excluding hydrogens is 258 g/mol. The van der Waals surface area contributed by atoms with Gasteiger partial charge in [-0.25, -0.2) is 0 Å². The minimum atomic E-state index is 0.770. The van der Waals surface area contributed by atoms with Crippen LogP contribution in [0.4, 0.5) is 0 Å². The molecule has 0 amide bonds. The van der Waals surface area contributed by atoms with Crippen LogP contribution in [0.1, 0.15) is 44.1 Å². The Kier molecular flexibility index (Phi) is 5.32. The van der Waals surface area contributed by atoms with Crippen molar-refractivity contribution in [1.29, 1.82) is 0 Å². The van der Waals surface area contributed by atoms with Gasteiger partial charge in [-0.05, 0) is 69.5 Å². The predicted octanol–water partition coefficient (Wildman–Crippen LogP) is 4.10. The van der Waals surface area contributed by atoms with Gasteiger partial charge in [0.05, 0.1) is 6.61 Å². The van der Waals surface area contributed by atoms with Gasteiger partial charge in [-0.2, -0.15) is 0 Å². The Labute approximate surface area is 129 Å². The molecule has 2 heteroatoms. The second-order valence-corrected chi connectivity index (χ2v) is 6.97. The van der Waals surface area contributed by atoms with Crippen molar-refractivity contribution in [2.45, 2.75) is 51.2 Å². The molecular formula is C19H29NO. The summed E-state index contributed by atoms with van der Waals surface area (Å²) < 4.78 is 5.93. The molecule has 0 bridgehead atoms. The first-order chi connectivity index (χ1) is 10.3. The summed E-state index contributed by atoms with van der Waals surface area (Å²) in [7, 11) is 2.31. The van der Waals surface area contributed by atoms with E-state index in [1.807, 2.05) is 0 Å². The molecule has 0 spiro atoms. The van der Waals surface area contributed by atoms with E-state index in [1.165, 1.54) is 50.6 Å². The van der Waals surface area contributed by atoms with Gasteiger partial charge in [-0.15, -0.1) is 0 Å². The fraction of sp³-hybridized carbons (Fsp3) is 0.684. The maximum absolute atomic E-state index is 5.93. The highest BCUT2D eigenvalue weighted by molar-refractivity contribution is 5.13. The molecule has 116 valence electrons. The number of nitrogens with zero attached hydrogens (tertiary/aromatic N) is 1. The number of rotatable bonds is 5. The summed E-state index contributed by atoms with van der Waals surface area (Å²) in [6.45, 7) is 3.03. The maximum Gasteiger partial charge on any atom is 0.0717 e.